The highest BCUT2D eigenvalue weighted by molar-refractivity contribution is 5.80. The lowest BCUT2D eigenvalue weighted by molar-refractivity contribution is 0.173. The number of likely N-dealkylation sites (tertiary alicyclic amines) is 1. The van der Waals surface area contributed by atoms with Crippen LogP contribution in [0.4, 0.5) is 0 Å². The molecule has 0 aliphatic carbocycles. The summed E-state index contributed by atoms with van der Waals surface area (Å²) in [6, 6.07) is 16.8. The monoisotopic (exact) mass is 424 g/mol. The number of guanidine groups is 1. The minimum Gasteiger partial charge on any atom is -0.492 e. The molecule has 0 radical (unpaired) electrons. The van der Waals surface area contributed by atoms with Gasteiger partial charge in [0, 0.05) is 38.3 Å². The normalized spacial score (nSPS) is 16.9. The molecule has 4 rings (SSSR count). The first kappa shape index (κ1) is 21.3. The highest BCUT2D eigenvalue weighted by Crippen LogP contribution is 2.35. The van der Waals surface area contributed by atoms with Gasteiger partial charge in [-0.15, -0.1) is 0 Å². The standard InChI is InChI=1S/C24H32N4O3/c1-2-25-24(26-12-15-29-21-8-9-22-23(16-21)31-18-30-22)27-20-10-13-28(14-11-20)17-19-6-4-3-5-7-19/h3-9,16,20H,2,10-15,17-18H2,1H3,(H2,25,26,27). The number of rotatable bonds is 8. The first-order valence-corrected chi connectivity index (χ1v) is 11.1. The Labute approximate surface area is 184 Å². The summed E-state index contributed by atoms with van der Waals surface area (Å²) < 4.78 is 16.5. The second kappa shape index (κ2) is 10.9. The molecule has 166 valence electrons. The van der Waals surface area contributed by atoms with Gasteiger partial charge in [0.25, 0.3) is 0 Å². The third-order valence-electron chi connectivity index (χ3n) is 5.50. The fourth-order valence-corrected chi connectivity index (χ4v) is 3.88. The molecule has 0 spiro atoms. The number of aliphatic imine (C=N–C) groups is 1. The molecule has 0 saturated carbocycles. The largest absolute Gasteiger partial charge is 0.492 e. The maximum atomic E-state index is 5.82. The summed E-state index contributed by atoms with van der Waals surface area (Å²) in [6.45, 7) is 7.50. The van der Waals surface area contributed by atoms with Gasteiger partial charge in [-0.1, -0.05) is 30.3 Å². The van der Waals surface area contributed by atoms with Gasteiger partial charge in [0.1, 0.15) is 12.4 Å². The average molecular weight is 425 g/mol. The van der Waals surface area contributed by atoms with E-state index in [0.29, 0.717) is 19.2 Å². The zero-order chi connectivity index (χ0) is 21.3. The van der Waals surface area contributed by atoms with Crippen LogP contribution in [0, 0.1) is 0 Å². The second-order valence-corrected chi connectivity index (χ2v) is 7.80. The molecule has 2 heterocycles. The first-order chi connectivity index (χ1) is 15.3. The van der Waals surface area contributed by atoms with Gasteiger partial charge in [0.15, 0.2) is 17.5 Å². The molecule has 1 fully saturated rings. The summed E-state index contributed by atoms with van der Waals surface area (Å²) in [4.78, 5) is 7.21. The third-order valence-corrected chi connectivity index (χ3v) is 5.50. The Morgan fingerprint density at radius 2 is 1.90 bits per heavy atom. The molecule has 7 nitrogen and oxygen atoms in total. The molecule has 7 heteroatoms. The Balaban J connectivity index is 1.20. The van der Waals surface area contributed by atoms with E-state index in [1.54, 1.807) is 0 Å². The molecule has 2 aliphatic rings. The van der Waals surface area contributed by atoms with E-state index in [-0.39, 0.29) is 6.79 Å². The zero-order valence-corrected chi connectivity index (χ0v) is 18.2. The smallest absolute Gasteiger partial charge is 0.231 e. The molecule has 2 aromatic rings. The maximum absolute atomic E-state index is 5.82. The van der Waals surface area contributed by atoms with Gasteiger partial charge in [-0.2, -0.15) is 0 Å². The van der Waals surface area contributed by atoms with Crippen LogP contribution in [0.5, 0.6) is 17.2 Å². The van der Waals surface area contributed by atoms with Crippen LogP contribution in [0.25, 0.3) is 0 Å². The zero-order valence-electron chi connectivity index (χ0n) is 18.2. The quantitative estimate of drug-likeness (QED) is 0.386. The van der Waals surface area contributed by atoms with Crippen molar-refractivity contribution in [2.75, 3.05) is 39.6 Å². The topological polar surface area (TPSA) is 67.4 Å². The molecule has 0 bridgehead atoms. The summed E-state index contributed by atoms with van der Waals surface area (Å²) in [5.74, 6) is 3.12. The summed E-state index contributed by atoms with van der Waals surface area (Å²) in [5.41, 5.74) is 1.38. The van der Waals surface area contributed by atoms with Crippen molar-refractivity contribution in [2.45, 2.75) is 32.4 Å². The Kier molecular flexibility index (Phi) is 7.50. The van der Waals surface area contributed by atoms with Crippen LogP contribution in [0.2, 0.25) is 0 Å². The van der Waals surface area contributed by atoms with Gasteiger partial charge in [0.05, 0.1) is 6.54 Å². The minimum atomic E-state index is 0.270. The Bertz CT molecular complexity index is 851. The van der Waals surface area contributed by atoms with Crippen molar-refractivity contribution in [1.29, 1.82) is 0 Å². The molecule has 2 aromatic carbocycles. The van der Waals surface area contributed by atoms with Gasteiger partial charge in [-0.25, -0.2) is 4.99 Å². The van der Waals surface area contributed by atoms with E-state index in [9.17, 15) is 0 Å². The van der Waals surface area contributed by atoms with Gasteiger partial charge in [-0.05, 0) is 37.5 Å². The van der Waals surface area contributed by atoms with E-state index in [1.807, 2.05) is 18.2 Å². The van der Waals surface area contributed by atoms with E-state index in [2.05, 4.69) is 57.8 Å². The lowest BCUT2D eigenvalue weighted by Gasteiger charge is -2.33. The van der Waals surface area contributed by atoms with Crippen LogP contribution in [0.1, 0.15) is 25.3 Å². The number of hydrogen-bond donors (Lipinski definition) is 2. The molecule has 1 saturated heterocycles. The number of piperidine rings is 1. The number of benzene rings is 2. The second-order valence-electron chi connectivity index (χ2n) is 7.80. The molecule has 0 atom stereocenters. The molecular formula is C24H32N4O3. The molecule has 31 heavy (non-hydrogen) atoms. The van der Waals surface area contributed by atoms with Gasteiger partial charge in [0.2, 0.25) is 6.79 Å². The summed E-state index contributed by atoms with van der Waals surface area (Å²) in [5, 5.41) is 6.94. The third kappa shape index (κ3) is 6.28. The lowest BCUT2D eigenvalue weighted by atomic mass is 10.0. The Hall–Kier alpha value is -2.93. The average Bonchev–Trinajstić information content (AvgIpc) is 3.27. The van der Waals surface area contributed by atoms with Crippen molar-refractivity contribution in [3.63, 3.8) is 0 Å². The van der Waals surface area contributed by atoms with Crippen LogP contribution >= 0.6 is 0 Å². The minimum absolute atomic E-state index is 0.270. The molecule has 0 unspecified atom stereocenters. The van der Waals surface area contributed by atoms with Gasteiger partial charge >= 0.3 is 0 Å². The highest BCUT2D eigenvalue weighted by atomic mass is 16.7. The van der Waals surface area contributed by atoms with E-state index in [0.717, 1.165) is 62.2 Å². The molecule has 2 N–H and O–H groups in total. The van der Waals surface area contributed by atoms with Gasteiger partial charge < -0.3 is 24.8 Å². The van der Waals surface area contributed by atoms with E-state index in [4.69, 9.17) is 14.2 Å². The number of ether oxygens (including phenoxy) is 3. The number of fused-ring (bicyclic) bond motifs is 1. The summed E-state index contributed by atoms with van der Waals surface area (Å²) >= 11 is 0. The predicted octanol–water partition coefficient (Wildman–Crippen LogP) is 3.01. The predicted molar refractivity (Wildman–Crippen MR) is 122 cm³/mol. The fraction of sp³-hybridized carbons (Fsp3) is 0.458. The van der Waals surface area contributed by atoms with Crippen molar-refractivity contribution in [3.8, 4) is 17.2 Å². The SMILES string of the molecule is CCNC(=NCCOc1ccc2c(c1)OCO2)NC1CCN(Cc2ccccc2)CC1. The van der Waals surface area contributed by atoms with Crippen LogP contribution < -0.4 is 24.8 Å². The van der Waals surface area contributed by atoms with Crippen molar-refractivity contribution < 1.29 is 14.2 Å². The Morgan fingerprint density at radius 3 is 2.71 bits per heavy atom. The number of hydrogen-bond acceptors (Lipinski definition) is 5. The molecule has 2 aliphatic heterocycles. The molecule has 0 aromatic heterocycles. The summed E-state index contributed by atoms with van der Waals surface area (Å²) in [6.07, 6.45) is 2.23. The lowest BCUT2D eigenvalue weighted by Crippen LogP contribution is -2.48. The molecule has 0 amide bonds. The van der Waals surface area contributed by atoms with Crippen molar-refractivity contribution in [1.82, 2.24) is 15.5 Å². The van der Waals surface area contributed by atoms with Crippen LogP contribution in [-0.2, 0) is 6.54 Å². The van der Waals surface area contributed by atoms with Gasteiger partial charge in [-0.3, -0.25) is 4.90 Å². The first-order valence-electron chi connectivity index (χ1n) is 11.1. The highest BCUT2D eigenvalue weighted by Gasteiger charge is 2.20. The van der Waals surface area contributed by atoms with Crippen molar-refractivity contribution in [2.24, 2.45) is 4.99 Å². The van der Waals surface area contributed by atoms with E-state index in [1.165, 1.54) is 5.56 Å². The maximum Gasteiger partial charge on any atom is 0.231 e. The van der Waals surface area contributed by atoms with E-state index < -0.39 is 0 Å². The van der Waals surface area contributed by atoms with Crippen LogP contribution in [0.3, 0.4) is 0 Å². The van der Waals surface area contributed by atoms with Crippen LogP contribution in [-0.4, -0.2) is 56.5 Å². The number of nitrogens with zero attached hydrogens (tertiary/aromatic N) is 2. The van der Waals surface area contributed by atoms with Crippen LogP contribution in [0.15, 0.2) is 53.5 Å². The van der Waals surface area contributed by atoms with Crippen molar-refractivity contribution >= 4 is 5.96 Å². The van der Waals surface area contributed by atoms with E-state index >= 15 is 0 Å². The summed E-state index contributed by atoms with van der Waals surface area (Å²) in [7, 11) is 0. The molecular weight excluding hydrogens is 392 g/mol. The fourth-order valence-electron chi connectivity index (χ4n) is 3.88. The number of nitrogens with one attached hydrogen (secondary N) is 2. The Morgan fingerprint density at radius 1 is 1.10 bits per heavy atom. The van der Waals surface area contributed by atoms with Crippen molar-refractivity contribution in [3.05, 3.63) is 54.1 Å².